The van der Waals surface area contributed by atoms with Crippen LogP contribution in [0, 0.1) is 0 Å². The molecule has 1 fully saturated rings. The number of hydrogen-bond acceptors (Lipinski definition) is 4. The summed E-state index contributed by atoms with van der Waals surface area (Å²) in [4.78, 5) is 25.5. The van der Waals surface area contributed by atoms with E-state index in [0.29, 0.717) is 5.69 Å². The zero-order valence-electron chi connectivity index (χ0n) is 10.4. The summed E-state index contributed by atoms with van der Waals surface area (Å²) in [5.41, 5.74) is 5.84. The number of nitrogens with one attached hydrogen (secondary N) is 1. The third-order valence-electron chi connectivity index (χ3n) is 3.08. The van der Waals surface area contributed by atoms with Gasteiger partial charge in [-0.1, -0.05) is 0 Å². The van der Waals surface area contributed by atoms with Crippen molar-refractivity contribution in [1.82, 2.24) is 14.8 Å². The average molecular weight is 250 g/mol. The molecule has 2 heterocycles. The lowest BCUT2D eigenvalue weighted by Gasteiger charge is -2.13. The molecule has 2 rings (SSSR count). The normalized spacial score (nSPS) is 19.9. The van der Waals surface area contributed by atoms with Gasteiger partial charge in [0.15, 0.2) is 0 Å². The minimum Gasteiger partial charge on any atom is -0.398 e. The van der Waals surface area contributed by atoms with Gasteiger partial charge in [-0.25, -0.2) is 0 Å². The smallest absolute Gasteiger partial charge is 0.251 e. The summed E-state index contributed by atoms with van der Waals surface area (Å²) < 4.78 is 1.32. The van der Waals surface area contributed by atoms with Gasteiger partial charge in [-0.2, -0.15) is 0 Å². The zero-order valence-corrected chi connectivity index (χ0v) is 10.4. The molecule has 0 aliphatic carbocycles. The number of nitrogens with zero attached hydrogens (tertiary/aromatic N) is 2. The van der Waals surface area contributed by atoms with Crippen LogP contribution < -0.4 is 16.6 Å². The molecule has 98 valence electrons. The van der Waals surface area contributed by atoms with Gasteiger partial charge >= 0.3 is 0 Å². The van der Waals surface area contributed by atoms with Crippen molar-refractivity contribution in [1.29, 1.82) is 0 Å². The fourth-order valence-electron chi connectivity index (χ4n) is 2.15. The molecule has 1 atom stereocenters. The summed E-state index contributed by atoms with van der Waals surface area (Å²) in [6.45, 7) is 1.87. The number of aromatic nitrogens is 1. The number of nitrogens with two attached hydrogens (primary N) is 1. The number of amides is 1. The van der Waals surface area contributed by atoms with E-state index in [1.165, 1.54) is 22.9 Å². The first-order valence-corrected chi connectivity index (χ1v) is 5.98. The molecule has 1 aliphatic heterocycles. The van der Waals surface area contributed by atoms with Gasteiger partial charge in [0.05, 0.1) is 0 Å². The Morgan fingerprint density at radius 2 is 2.33 bits per heavy atom. The molecule has 1 aliphatic rings. The van der Waals surface area contributed by atoms with Gasteiger partial charge in [0.1, 0.15) is 6.54 Å². The fraction of sp³-hybridized carbons (Fsp3) is 0.500. The largest absolute Gasteiger partial charge is 0.398 e. The van der Waals surface area contributed by atoms with Crippen LogP contribution in [-0.4, -0.2) is 41.6 Å². The molecule has 1 saturated heterocycles. The molecule has 1 aromatic heterocycles. The van der Waals surface area contributed by atoms with Crippen LogP contribution in [0.4, 0.5) is 5.69 Å². The maximum Gasteiger partial charge on any atom is 0.251 e. The standard InChI is InChI=1S/C12H18N4O2/c1-15-5-4-10(7-15)14-11(17)8-16-6-9(13)2-3-12(16)18/h2-3,6,10H,4-5,7-8,13H2,1H3,(H,14,17). The summed E-state index contributed by atoms with van der Waals surface area (Å²) >= 11 is 0. The first-order valence-electron chi connectivity index (χ1n) is 5.98. The molecule has 0 aromatic carbocycles. The van der Waals surface area contributed by atoms with Crippen LogP contribution in [0.2, 0.25) is 0 Å². The quantitative estimate of drug-likeness (QED) is 0.740. The number of nitrogen functional groups attached to an aromatic ring is 1. The van der Waals surface area contributed by atoms with E-state index in [4.69, 9.17) is 5.73 Å². The topological polar surface area (TPSA) is 80.4 Å². The van der Waals surface area contributed by atoms with Crippen LogP contribution in [-0.2, 0) is 11.3 Å². The van der Waals surface area contributed by atoms with Gasteiger partial charge in [0.2, 0.25) is 5.91 Å². The molecule has 0 radical (unpaired) electrons. The number of likely N-dealkylation sites (tertiary alicyclic amines) is 1. The molecule has 1 unspecified atom stereocenters. The van der Waals surface area contributed by atoms with Crippen molar-refractivity contribution in [2.24, 2.45) is 0 Å². The Labute approximate surface area is 105 Å². The van der Waals surface area contributed by atoms with Crippen LogP contribution in [0.1, 0.15) is 6.42 Å². The number of rotatable bonds is 3. The lowest BCUT2D eigenvalue weighted by molar-refractivity contribution is -0.122. The monoisotopic (exact) mass is 250 g/mol. The van der Waals surface area contributed by atoms with Crippen molar-refractivity contribution < 1.29 is 4.79 Å². The van der Waals surface area contributed by atoms with Crippen LogP contribution >= 0.6 is 0 Å². The van der Waals surface area contributed by atoms with Crippen LogP contribution in [0.3, 0.4) is 0 Å². The van der Waals surface area contributed by atoms with Crippen molar-refractivity contribution in [3.8, 4) is 0 Å². The highest BCUT2D eigenvalue weighted by molar-refractivity contribution is 5.76. The van der Waals surface area contributed by atoms with Crippen LogP contribution in [0.25, 0.3) is 0 Å². The van der Waals surface area contributed by atoms with E-state index in [-0.39, 0.29) is 24.1 Å². The van der Waals surface area contributed by atoms with Gasteiger partial charge in [-0.05, 0) is 26.1 Å². The van der Waals surface area contributed by atoms with Gasteiger partial charge in [0.25, 0.3) is 5.56 Å². The van der Waals surface area contributed by atoms with Crippen LogP contribution in [0.5, 0.6) is 0 Å². The number of anilines is 1. The van der Waals surface area contributed by atoms with E-state index < -0.39 is 0 Å². The summed E-state index contributed by atoms with van der Waals surface area (Å²) in [7, 11) is 2.02. The Morgan fingerprint density at radius 3 is 3.00 bits per heavy atom. The Morgan fingerprint density at radius 1 is 1.56 bits per heavy atom. The third kappa shape index (κ3) is 3.10. The molecule has 0 spiro atoms. The minimum absolute atomic E-state index is 0.0179. The molecule has 3 N–H and O–H groups in total. The third-order valence-corrected chi connectivity index (χ3v) is 3.08. The van der Waals surface area contributed by atoms with Gasteiger partial charge in [0, 0.05) is 30.5 Å². The first-order chi connectivity index (χ1) is 8.54. The zero-order chi connectivity index (χ0) is 13.1. The predicted molar refractivity (Wildman–Crippen MR) is 69.2 cm³/mol. The Balaban J connectivity index is 1.95. The molecule has 6 heteroatoms. The maximum absolute atomic E-state index is 11.8. The SMILES string of the molecule is CN1CCC(NC(=O)Cn2cc(N)ccc2=O)C1. The number of carbonyl (C=O) groups is 1. The molecular weight excluding hydrogens is 232 g/mol. The number of pyridine rings is 1. The summed E-state index contributed by atoms with van der Waals surface area (Å²) in [6.07, 6.45) is 2.44. The number of carbonyl (C=O) groups excluding carboxylic acids is 1. The summed E-state index contributed by atoms with van der Waals surface area (Å²) in [5.74, 6) is -0.150. The molecule has 1 amide bonds. The lowest BCUT2D eigenvalue weighted by atomic mass is 10.2. The number of likely N-dealkylation sites (N-methyl/N-ethyl adjacent to an activating group) is 1. The van der Waals surface area contributed by atoms with Crippen molar-refractivity contribution in [2.45, 2.75) is 19.0 Å². The van der Waals surface area contributed by atoms with Crippen molar-refractivity contribution in [3.63, 3.8) is 0 Å². The predicted octanol–water partition coefficient (Wildman–Crippen LogP) is -0.749. The molecule has 0 bridgehead atoms. The lowest BCUT2D eigenvalue weighted by Crippen LogP contribution is -2.39. The molecule has 0 saturated carbocycles. The van der Waals surface area contributed by atoms with E-state index in [1.54, 1.807) is 0 Å². The fourth-order valence-corrected chi connectivity index (χ4v) is 2.15. The highest BCUT2D eigenvalue weighted by Gasteiger charge is 2.20. The van der Waals surface area contributed by atoms with Crippen molar-refractivity contribution in [3.05, 3.63) is 28.7 Å². The Bertz CT molecular complexity index is 497. The van der Waals surface area contributed by atoms with E-state index in [9.17, 15) is 9.59 Å². The molecular formula is C12H18N4O2. The molecule has 1 aromatic rings. The Kier molecular flexibility index (Phi) is 3.66. The second-order valence-electron chi connectivity index (χ2n) is 4.74. The van der Waals surface area contributed by atoms with Crippen LogP contribution in [0.15, 0.2) is 23.1 Å². The van der Waals surface area contributed by atoms with E-state index >= 15 is 0 Å². The van der Waals surface area contributed by atoms with E-state index in [1.807, 2.05) is 7.05 Å². The second kappa shape index (κ2) is 5.22. The highest BCUT2D eigenvalue weighted by atomic mass is 16.2. The van der Waals surface area contributed by atoms with Gasteiger partial charge < -0.3 is 20.5 Å². The number of hydrogen-bond donors (Lipinski definition) is 2. The molecule has 18 heavy (non-hydrogen) atoms. The van der Waals surface area contributed by atoms with Crippen molar-refractivity contribution in [2.75, 3.05) is 25.9 Å². The van der Waals surface area contributed by atoms with Crippen molar-refractivity contribution >= 4 is 11.6 Å². The Hall–Kier alpha value is -1.82. The summed E-state index contributed by atoms with van der Waals surface area (Å²) in [5, 5.41) is 2.92. The minimum atomic E-state index is -0.220. The average Bonchev–Trinajstić information content (AvgIpc) is 2.69. The highest BCUT2D eigenvalue weighted by Crippen LogP contribution is 2.05. The molecule has 6 nitrogen and oxygen atoms in total. The second-order valence-corrected chi connectivity index (χ2v) is 4.74. The maximum atomic E-state index is 11.8. The van der Waals surface area contributed by atoms with E-state index in [2.05, 4.69) is 10.2 Å². The van der Waals surface area contributed by atoms with E-state index in [0.717, 1.165) is 19.5 Å². The first kappa shape index (κ1) is 12.6. The van der Waals surface area contributed by atoms with Gasteiger partial charge in [-0.15, -0.1) is 0 Å². The van der Waals surface area contributed by atoms with Gasteiger partial charge in [-0.3, -0.25) is 9.59 Å². The summed E-state index contributed by atoms with van der Waals surface area (Å²) in [6, 6.07) is 3.08.